The predicted octanol–water partition coefficient (Wildman–Crippen LogP) is 2.59. The van der Waals surface area contributed by atoms with E-state index in [-0.39, 0.29) is 17.8 Å². The normalized spacial score (nSPS) is 11.8. The lowest BCUT2D eigenvalue weighted by Gasteiger charge is -2.22. The second kappa shape index (κ2) is 5.62. The number of aliphatic hydroxyl groups is 1. The fourth-order valence-electron chi connectivity index (χ4n) is 1.26. The number of hydrogen-bond acceptors (Lipinski definition) is 2. The Bertz CT molecular complexity index is 355. The van der Waals surface area contributed by atoms with Gasteiger partial charge >= 0.3 is 0 Å². The lowest BCUT2D eigenvalue weighted by molar-refractivity contribution is 0.156. The molecule has 0 atom stereocenters. The lowest BCUT2D eigenvalue weighted by Crippen LogP contribution is -2.31. The van der Waals surface area contributed by atoms with Crippen molar-refractivity contribution in [2.45, 2.75) is 20.4 Å². The van der Waals surface area contributed by atoms with Gasteiger partial charge in [-0.05, 0) is 17.7 Å². The first-order valence-corrected chi connectivity index (χ1v) is 5.58. The van der Waals surface area contributed by atoms with Gasteiger partial charge in [0.2, 0.25) is 0 Å². The third-order valence-corrected chi connectivity index (χ3v) is 2.71. The van der Waals surface area contributed by atoms with Gasteiger partial charge in [-0.3, -0.25) is 0 Å². The Morgan fingerprint density at radius 1 is 1.44 bits per heavy atom. The fraction of sp³-hybridized carbons (Fsp3) is 0.500. The first-order chi connectivity index (χ1) is 7.44. The molecule has 0 saturated heterocycles. The van der Waals surface area contributed by atoms with E-state index in [4.69, 9.17) is 16.7 Å². The molecule has 0 fully saturated rings. The number of halogens is 2. The summed E-state index contributed by atoms with van der Waals surface area (Å²) in [6.45, 7) is 5.30. The van der Waals surface area contributed by atoms with Crippen LogP contribution >= 0.6 is 11.6 Å². The standard InChI is InChI=1S/C12H17ClFNO/c1-12(2,8-16)7-15-6-9-3-4-10(14)5-11(9)13/h3-5,15-16H,6-8H2,1-2H3. The highest BCUT2D eigenvalue weighted by atomic mass is 35.5. The van der Waals surface area contributed by atoms with Gasteiger partial charge in [-0.15, -0.1) is 0 Å². The Labute approximate surface area is 100 Å². The van der Waals surface area contributed by atoms with E-state index < -0.39 is 0 Å². The van der Waals surface area contributed by atoms with Crippen molar-refractivity contribution in [1.29, 1.82) is 0 Å². The maximum absolute atomic E-state index is 12.8. The summed E-state index contributed by atoms with van der Waals surface area (Å²) >= 11 is 5.88. The summed E-state index contributed by atoms with van der Waals surface area (Å²) < 4.78 is 12.8. The van der Waals surface area contributed by atoms with Crippen LogP contribution in [0, 0.1) is 11.2 Å². The van der Waals surface area contributed by atoms with Crippen LogP contribution in [-0.4, -0.2) is 18.3 Å². The summed E-state index contributed by atoms with van der Waals surface area (Å²) in [5.41, 5.74) is 0.698. The van der Waals surface area contributed by atoms with Gasteiger partial charge in [-0.2, -0.15) is 0 Å². The zero-order valence-corrected chi connectivity index (χ0v) is 10.3. The molecule has 1 aromatic rings. The molecule has 0 aromatic heterocycles. The molecular formula is C12H17ClFNO. The van der Waals surface area contributed by atoms with E-state index in [1.54, 1.807) is 6.07 Å². The third-order valence-electron chi connectivity index (χ3n) is 2.36. The summed E-state index contributed by atoms with van der Waals surface area (Å²) in [6.07, 6.45) is 0. The van der Waals surface area contributed by atoms with Crippen molar-refractivity contribution in [3.8, 4) is 0 Å². The fourth-order valence-corrected chi connectivity index (χ4v) is 1.49. The Morgan fingerprint density at radius 3 is 2.69 bits per heavy atom. The van der Waals surface area contributed by atoms with Crippen LogP contribution in [0.1, 0.15) is 19.4 Å². The highest BCUT2D eigenvalue weighted by molar-refractivity contribution is 6.31. The van der Waals surface area contributed by atoms with Gasteiger partial charge in [-0.25, -0.2) is 4.39 Å². The van der Waals surface area contributed by atoms with Crippen LogP contribution in [0.2, 0.25) is 5.02 Å². The van der Waals surface area contributed by atoms with E-state index in [0.717, 1.165) is 5.56 Å². The van der Waals surface area contributed by atoms with Crippen molar-refractivity contribution >= 4 is 11.6 Å². The van der Waals surface area contributed by atoms with Crippen LogP contribution in [0.25, 0.3) is 0 Å². The third kappa shape index (κ3) is 4.08. The average Bonchev–Trinajstić information content (AvgIpc) is 2.21. The molecule has 1 rings (SSSR count). The second-order valence-corrected chi connectivity index (χ2v) is 5.07. The van der Waals surface area contributed by atoms with Crippen LogP contribution in [-0.2, 0) is 6.54 Å². The topological polar surface area (TPSA) is 32.3 Å². The largest absolute Gasteiger partial charge is 0.396 e. The zero-order chi connectivity index (χ0) is 12.2. The smallest absolute Gasteiger partial charge is 0.124 e. The molecular weight excluding hydrogens is 229 g/mol. The minimum absolute atomic E-state index is 0.122. The van der Waals surface area contributed by atoms with Crippen molar-refractivity contribution in [2.24, 2.45) is 5.41 Å². The Kier molecular flexibility index (Phi) is 4.71. The summed E-state index contributed by atoms with van der Waals surface area (Å²) in [4.78, 5) is 0. The molecule has 0 spiro atoms. The molecule has 0 radical (unpaired) electrons. The highest BCUT2D eigenvalue weighted by Crippen LogP contribution is 2.17. The Balaban J connectivity index is 2.49. The molecule has 0 bridgehead atoms. The van der Waals surface area contributed by atoms with E-state index >= 15 is 0 Å². The summed E-state index contributed by atoms with van der Waals surface area (Å²) in [5.74, 6) is -0.329. The monoisotopic (exact) mass is 245 g/mol. The van der Waals surface area contributed by atoms with Gasteiger partial charge in [0.05, 0.1) is 0 Å². The molecule has 0 amide bonds. The molecule has 0 unspecified atom stereocenters. The van der Waals surface area contributed by atoms with E-state index in [9.17, 15) is 4.39 Å². The first-order valence-electron chi connectivity index (χ1n) is 5.20. The van der Waals surface area contributed by atoms with E-state index in [2.05, 4.69) is 5.32 Å². The van der Waals surface area contributed by atoms with Gasteiger partial charge in [-0.1, -0.05) is 31.5 Å². The van der Waals surface area contributed by atoms with Crippen molar-refractivity contribution in [2.75, 3.05) is 13.2 Å². The van der Waals surface area contributed by atoms with Crippen LogP contribution < -0.4 is 5.32 Å². The summed E-state index contributed by atoms with van der Waals surface area (Å²) in [6, 6.07) is 4.35. The molecule has 1 aromatic carbocycles. The van der Waals surface area contributed by atoms with Crippen LogP contribution in [0.5, 0.6) is 0 Å². The molecule has 4 heteroatoms. The van der Waals surface area contributed by atoms with Crippen LogP contribution in [0.4, 0.5) is 4.39 Å². The summed E-state index contributed by atoms with van der Waals surface area (Å²) in [5, 5.41) is 12.7. The zero-order valence-electron chi connectivity index (χ0n) is 9.56. The van der Waals surface area contributed by atoms with Crippen molar-refractivity contribution < 1.29 is 9.50 Å². The van der Waals surface area contributed by atoms with Crippen LogP contribution in [0.3, 0.4) is 0 Å². The minimum Gasteiger partial charge on any atom is -0.396 e. The molecule has 0 saturated carbocycles. The molecule has 90 valence electrons. The number of rotatable bonds is 5. The van der Waals surface area contributed by atoms with Gasteiger partial charge in [0.15, 0.2) is 0 Å². The molecule has 16 heavy (non-hydrogen) atoms. The number of hydrogen-bond donors (Lipinski definition) is 2. The molecule has 0 aliphatic carbocycles. The highest BCUT2D eigenvalue weighted by Gasteiger charge is 2.15. The quantitative estimate of drug-likeness (QED) is 0.836. The van der Waals surface area contributed by atoms with Crippen molar-refractivity contribution in [3.05, 3.63) is 34.6 Å². The van der Waals surface area contributed by atoms with E-state index in [0.29, 0.717) is 18.1 Å². The summed E-state index contributed by atoms with van der Waals surface area (Å²) in [7, 11) is 0. The van der Waals surface area contributed by atoms with Crippen LogP contribution in [0.15, 0.2) is 18.2 Å². The number of aliphatic hydroxyl groups excluding tert-OH is 1. The maximum atomic E-state index is 12.8. The molecule has 0 aliphatic rings. The number of nitrogens with one attached hydrogen (secondary N) is 1. The van der Waals surface area contributed by atoms with Crippen molar-refractivity contribution in [1.82, 2.24) is 5.32 Å². The molecule has 2 N–H and O–H groups in total. The first kappa shape index (κ1) is 13.4. The minimum atomic E-state index is -0.329. The predicted molar refractivity (Wildman–Crippen MR) is 64.0 cm³/mol. The average molecular weight is 246 g/mol. The maximum Gasteiger partial charge on any atom is 0.124 e. The second-order valence-electron chi connectivity index (χ2n) is 4.66. The molecule has 0 aliphatic heterocycles. The van der Waals surface area contributed by atoms with Gasteiger partial charge in [0, 0.05) is 30.1 Å². The van der Waals surface area contributed by atoms with Gasteiger partial charge in [0.25, 0.3) is 0 Å². The SMILES string of the molecule is CC(C)(CO)CNCc1ccc(F)cc1Cl. The Hall–Kier alpha value is -0.640. The van der Waals surface area contributed by atoms with Gasteiger partial charge in [0.1, 0.15) is 5.82 Å². The molecule has 0 heterocycles. The van der Waals surface area contributed by atoms with Gasteiger partial charge < -0.3 is 10.4 Å². The van der Waals surface area contributed by atoms with E-state index in [1.807, 2.05) is 13.8 Å². The lowest BCUT2D eigenvalue weighted by atomic mass is 9.95. The Morgan fingerprint density at radius 2 is 2.12 bits per heavy atom. The molecule has 2 nitrogen and oxygen atoms in total. The van der Waals surface area contributed by atoms with E-state index in [1.165, 1.54) is 12.1 Å². The number of benzene rings is 1. The van der Waals surface area contributed by atoms with Crippen molar-refractivity contribution in [3.63, 3.8) is 0 Å².